The second kappa shape index (κ2) is 19.6. The number of nitrogens with zero attached hydrogens (tertiary/aromatic N) is 4. The fourth-order valence-corrected chi connectivity index (χ4v) is 4.78. The lowest BCUT2D eigenvalue weighted by molar-refractivity contribution is 0.513. The van der Waals surface area contributed by atoms with E-state index >= 15 is 0 Å². The van der Waals surface area contributed by atoms with Crippen LogP contribution in [-0.4, -0.2) is 83.3 Å². The Morgan fingerprint density at radius 3 is 2.29 bits per heavy atom. The van der Waals surface area contributed by atoms with Gasteiger partial charge in [-0.05, 0) is 48.1 Å². The van der Waals surface area contributed by atoms with Crippen LogP contribution in [0.25, 0.3) is 0 Å². The summed E-state index contributed by atoms with van der Waals surface area (Å²) in [6.45, 7) is 7.65. The molecule has 222 valence electrons. The van der Waals surface area contributed by atoms with E-state index in [1.165, 1.54) is 11.1 Å². The van der Waals surface area contributed by atoms with Gasteiger partial charge in [-0.1, -0.05) is 79.2 Å². The van der Waals surface area contributed by atoms with Gasteiger partial charge in [0.1, 0.15) is 0 Å². The van der Waals surface area contributed by atoms with E-state index in [4.69, 9.17) is 4.99 Å². The van der Waals surface area contributed by atoms with Crippen LogP contribution in [0.1, 0.15) is 42.4 Å². The molecule has 0 radical (unpaired) electrons. The highest BCUT2D eigenvalue weighted by atomic mass is 14.9. The number of benzene rings is 2. The van der Waals surface area contributed by atoms with Gasteiger partial charge in [0.25, 0.3) is 0 Å². The molecular formula is C35H47N7. The molecule has 3 N–H and O–H groups in total. The van der Waals surface area contributed by atoms with Gasteiger partial charge < -0.3 is 16.0 Å². The predicted octanol–water partition coefficient (Wildman–Crippen LogP) is 4.69. The van der Waals surface area contributed by atoms with Crippen LogP contribution < -0.4 is 16.0 Å². The Morgan fingerprint density at radius 2 is 1.50 bits per heavy atom. The second-order valence-electron chi connectivity index (χ2n) is 10.8. The molecule has 0 saturated carbocycles. The molecule has 0 saturated heterocycles. The molecule has 2 aromatic rings. The monoisotopic (exact) mass is 565 g/mol. The summed E-state index contributed by atoms with van der Waals surface area (Å²) in [5.74, 6) is 0.371. The van der Waals surface area contributed by atoms with Crippen molar-refractivity contribution < 1.29 is 0 Å². The number of aliphatic imine (C=N–C) groups is 4. The number of allylic oxidation sites excluding steroid dienone is 4. The first kappa shape index (κ1) is 31.4. The smallest absolute Gasteiger partial charge is 0.0624 e. The quantitative estimate of drug-likeness (QED) is 0.426. The number of rotatable bonds is 7. The molecule has 42 heavy (non-hydrogen) atoms. The molecule has 0 aromatic heterocycles. The molecule has 0 fully saturated rings. The zero-order valence-corrected chi connectivity index (χ0v) is 24.9. The van der Waals surface area contributed by atoms with Crippen LogP contribution in [0.5, 0.6) is 0 Å². The van der Waals surface area contributed by atoms with E-state index in [1.807, 2.05) is 18.6 Å². The summed E-state index contributed by atoms with van der Waals surface area (Å²) in [5.41, 5.74) is 4.73. The largest absolute Gasteiger partial charge is 0.313 e. The van der Waals surface area contributed by atoms with E-state index in [0.717, 1.165) is 95.7 Å². The molecule has 0 amide bonds. The van der Waals surface area contributed by atoms with Gasteiger partial charge in [0, 0.05) is 63.5 Å². The van der Waals surface area contributed by atoms with E-state index in [1.54, 1.807) is 0 Å². The summed E-state index contributed by atoms with van der Waals surface area (Å²) in [6, 6.07) is 19.3. The van der Waals surface area contributed by atoms with Gasteiger partial charge in [0.05, 0.1) is 25.7 Å². The molecular weight excluding hydrogens is 518 g/mol. The average Bonchev–Trinajstić information content (AvgIpc) is 3.03. The third-order valence-electron chi connectivity index (χ3n) is 7.26. The average molecular weight is 566 g/mol. The van der Waals surface area contributed by atoms with Crippen LogP contribution in [0.2, 0.25) is 0 Å². The van der Waals surface area contributed by atoms with E-state index in [0.29, 0.717) is 5.92 Å². The second-order valence-corrected chi connectivity index (χ2v) is 10.8. The first-order chi connectivity index (χ1) is 20.8. The normalized spacial score (nSPS) is 20.6. The fourth-order valence-electron chi connectivity index (χ4n) is 4.78. The Kier molecular flexibility index (Phi) is 14.6. The standard InChI is InChI=1S/C35H47N7/c1-2-6-30(7-3-1)24-37-17-5-4-8-35-29-41-23-22-40-27-32-11-9-31(10-12-32)25-38-20-18-36-19-21-39-26-33-13-15-34(16-14-33)28-42-35/h1-3,6-7,9,11-16,25-28,31,35-37,41H,4-5,8,10,17-24,29H2. The zero-order chi connectivity index (χ0) is 28.9. The van der Waals surface area contributed by atoms with Gasteiger partial charge in [-0.15, -0.1) is 0 Å². The third kappa shape index (κ3) is 13.0. The molecule has 0 spiro atoms. The lowest BCUT2D eigenvalue weighted by Gasteiger charge is -2.14. The van der Waals surface area contributed by atoms with Crippen LogP contribution >= 0.6 is 0 Å². The Bertz CT molecular complexity index is 1200. The minimum Gasteiger partial charge on any atom is -0.313 e. The van der Waals surface area contributed by atoms with Crippen molar-refractivity contribution in [3.63, 3.8) is 0 Å². The summed E-state index contributed by atoms with van der Waals surface area (Å²) >= 11 is 0. The molecule has 7 heteroatoms. The summed E-state index contributed by atoms with van der Waals surface area (Å²) in [6.07, 6.45) is 19.0. The molecule has 5 aliphatic rings. The van der Waals surface area contributed by atoms with Gasteiger partial charge in [-0.2, -0.15) is 0 Å². The number of hydrogen-bond donors (Lipinski definition) is 3. The summed E-state index contributed by atoms with van der Waals surface area (Å²) in [7, 11) is 0. The lowest BCUT2D eigenvalue weighted by atomic mass is 9.98. The molecule has 4 heterocycles. The van der Waals surface area contributed by atoms with Crippen molar-refractivity contribution in [1.82, 2.24) is 16.0 Å². The van der Waals surface area contributed by atoms with Crippen molar-refractivity contribution in [3.8, 4) is 0 Å². The first-order valence-corrected chi connectivity index (χ1v) is 15.5. The van der Waals surface area contributed by atoms with Crippen molar-refractivity contribution in [2.75, 3.05) is 52.4 Å². The Morgan fingerprint density at radius 1 is 0.762 bits per heavy atom. The first-order valence-electron chi connectivity index (χ1n) is 15.5. The van der Waals surface area contributed by atoms with Crippen LogP contribution in [0.3, 0.4) is 0 Å². The van der Waals surface area contributed by atoms with E-state index in [2.05, 4.69) is 110 Å². The van der Waals surface area contributed by atoms with Crippen molar-refractivity contribution in [1.29, 1.82) is 0 Å². The molecule has 7 rings (SSSR count). The summed E-state index contributed by atoms with van der Waals surface area (Å²) < 4.78 is 0. The minimum absolute atomic E-state index is 0.234. The molecule has 7 nitrogen and oxygen atoms in total. The molecule has 2 unspecified atom stereocenters. The summed E-state index contributed by atoms with van der Waals surface area (Å²) in [5, 5.41) is 10.6. The topological polar surface area (TPSA) is 85.5 Å². The number of hydrogen-bond acceptors (Lipinski definition) is 7. The predicted molar refractivity (Wildman–Crippen MR) is 180 cm³/mol. The van der Waals surface area contributed by atoms with E-state index in [-0.39, 0.29) is 6.04 Å². The minimum atomic E-state index is 0.234. The Labute approximate surface area is 252 Å². The molecule has 2 atom stereocenters. The highest BCUT2D eigenvalue weighted by Gasteiger charge is 2.07. The highest BCUT2D eigenvalue weighted by molar-refractivity contribution is 5.84. The third-order valence-corrected chi connectivity index (χ3v) is 7.26. The van der Waals surface area contributed by atoms with Gasteiger partial charge in [0.2, 0.25) is 0 Å². The van der Waals surface area contributed by atoms with Crippen LogP contribution in [0.4, 0.5) is 0 Å². The number of nitrogens with one attached hydrogen (secondary N) is 3. The van der Waals surface area contributed by atoms with Crippen LogP contribution in [-0.2, 0) is 6.54 Å². The SMILES string of the molecule is C1=CC2C=NCCNCCN=Cc3ccc(cc3)C=NC(CCCCNCc3ccccc3)CNCCN=CC1=CC2. The van der Waals surface area contributed by atoms with E-state index < -0.39 is 0 Å². The Hall–Kier alpha value is -3.52. The number of unbranched alkanes of at least 4 members (excludes halogenated alkanes) is 1. The molecule has 4 aliphatic heterocycles. The maximum absolute atomic E-state index is 4.98. The van der Waals surface area contributed by atoms with Gasteiger partial charge in [0.15, 0.2) is 0 Å². The van der Waals surface area contributed by atoms with Crippen molar-refractivity contribution in [2.24, 2.45) is 25.9 Å². The van der Waals surface area contributed by atoms with Crippen LogP contribution in [0, 0.1) is 5.92 Å². The van der Waals surface area contributed by atoms with Crippen molar-refractivity contribution in [3.05, 3.63) is 95.1 Å². The maximum Gasteiger partial charge on any atom is 0.0624 e. The molecule has 4 bridgehead atoms. The van der Waals surface area contributed by atoms with Crippen molar-refractivity contribution >= 4 is 24.9 Å². The molecule has 1 aliphatic carbocycles. The Balaban J connectivity index is 1.29. The lowest BCUT2D eigenvalue weighted by Crippen LogP contribution is -2.28. The zero-order valence-electron chi connectivity index (χ0n) is 24.9. The fraction of sp³-hybridized carbons (Fsp3) is 0.429. The van der Waals surface area contributed by atoms with Gasteiger partial charge in [-0.25, -0.2) is 0 Å². The maximum atomic E-state index is 4.98. The van der Waals surface area contributed by atoms with Gasteiger partial charge >= 0.3 is 0 Å². The van der Waals surface area contributed by atoms with Gasteiger partial charge in [-0.3, -0.25) is 20.0 Å². The van der Waals surface area contributed by atoms with E-state index in [9.17, 15) is 0 Å². The highest BCUT2D eigenvalue weighted by Crippen LogP contribution is 2.13. The summed E-state index contributed by atoms with van der Waals surface area (Å²) in [4.78, 5) is 18.8. The molecule has 2 aromatic carbocycles. The van der Waals surface area contributed by atoms with Crippen molar-refractivity contribution in [2.45, 2.75) is 38.3 Å². The van der Waals surface area contributed by atoms with Crippen LogP contribution in [0.15, 0.2) is 98.4 Å².